The number of nitrogens with zero attached hydrogens (tertiary/aromatic N) is 3. The summed E-state index contributed by atoms with van der Waals surface area (Å²) in [4.78, 5) is 4.77. The molecule has 0 aliphatic heterocycles. The molecule has 2 rings (SSSR count). The summed E-state index contributed by atoms with van der Waals surface area (Å²) in [5.41, 5.74) is 5.75. The van der Waals surface area contributed by atoms with Gasteiger partial charge in [0.1, 0.15) is 5.75 Å². The lowest BCUT2D eigenvalue weighted by molar-refractivity contribution is 0.182. The van der Waals surface area contributed by atoms with Gasteiger partial charge in [-0.2, -0.15) is 5.10 Å². The summed E-state index contributed by atoms with van der Waals surface area (Å²) in [7, 11) is 3.42. The number of aromatic nitrogens is 2. The molecule has 29 heavy (non-hydrogen) atoms. The van der Waals surface area contributed by atoms with Crippen molar-refractivity contribution < 1.29 is 9.47 Å². The van der Waals surface area contributed by atoms with Gasteiger partial charge >= 0.3 is 0 Å². The van der Waals surface area contributed by atoms with Gasteiger partial charge in [-0.25, -0.2) is 4.99 Å². The highest BCUT2D eigenvalue weighted by Gasteiger charge is 2.11. The molecule has 0 aliphatic rings. The van der Waals surface area contributed by atoms with Crippen LogP contribution in [-0.2, 0) is 24.2 Å². The van der Waals surface area contributed by atoms with Crippen molar-refractivity contribution in [2.75, 3.05) is 33.9 Å². The van der Waals surface area contributed by atoms with Crippen LogP contribution in [-0.4, -0.2) is 49.7 Å². The second-order valence-corrected chi connectivity index (χ2v) is 7.05. The average Bonchev–Trinajstić information content (AvgIpc) is 2.97. The van der Waals surface area contributed by atoms with Crippen LogP contribution < -0.4 is 15.4 Å². The lowest BCUT2D eigenvalue weighted by atomic mass is 10.1. The molecule has 1 aromatic heterocycles. The largest absolute Gasteiger partial charge is 0.496 e. The summed E-state index contributed by atoms with van der Waals surface area (Å²) in [6.07, 6.45) is 0.863. The summed E-state index contributed by atoms with van der Waals surface area (Å²) in [6.45, 7) is 11.9. The maximum Gasteiger partial charge on any atom is 0.191 e. The standard InChI is InChI=1S/C22H35N5O2/c1-7-23-22(24-11-10-19-14-16(2)8-9-21(19)29-6)25-15-20-17(3)26-27(18(20)4)12-13-28-5/h8-9,14H,7,10-13,15H2,1-6H3,(H2,23,24,25). The second kappa shape index (κ2) is 11.5. The fourth-order valence-electron chi connectivity index (χ4n) is 3.28. The van der Waals surface area contributed by atoms with Crippen LogP contribution in [0.3, 0.4) is 0 Å². The van der Waals surface area contributed by atoms with Gasteiger partial charge < -0.3 is 20.1 Å². The Morgan fingerprint density at radius 1 is 1.17 bits per heavy atom. The van der Waals surface area contributed by atoms with Crippen molar-refractivity contribution in [3.8, 4) is 5.75 Å². The van der Waals surface area contributed by atoms with E-state index >= 15 is 0 Å². The molecular formula is C22H35N5O2. The van der Waals surface area contributed by atoms with Gasteiger partial charge in [-0.05, 0) is 45.7 Å². The zero-order valence-electron chi connectivity index (χ0n) is 18.6. The molecule has 2 aromatic rings. The van der Waals surface area contributed by atoms with Crippen molar-refractivity contribution in [2.45, 2.75) is 47.2 Å². The zero-order valence-corrected chi connectivity index (χ0v) is 18.6. The van der Waals surface area contributed by atoms with E-state index in [1.807, 2.05) is 17.7 Å². The van der Waals surface area contributed by atoms with Crippen molar-refractivity contribution in [1.82, 2.24) is 20.4 Å². The van der Waals surface area contributed by atoms with E-state index in [2.05, 4.69) is 48.6 Å². The molecule has 0 fully saturated rings. The minimum absolute atomic E-state index is 0.591. The molecule has 2 N–H and O–H groups in total. The van der Waals surface area contributed by atoms with Crippen molar-refractivity contribution in [3.63, 3.8) is 0 Å². The van der Waals surface area contributed by atoms with E-state index in [0.29, 0.717) is 13.2 Å². The van der Waals surface area contributed by atoms with Crippen LogP contribution in [0.2, 0.25) is 0 Å². The van der Waals surface area contributed by atoms with Gasteiger partial charge in [0.2, 0.25) is 0 Å². The number of aryl methyl sites for hydroxylation is 2. The lowest BCUT2D eigenvalue weighted by Gasteiger charge is -2.13. The number of nitrogens with one attached hydrogen (secondary N) is 2. The molecule has 0 bridgehead atoms. The minimum atomic E-state index is 0.591. The molecule has 1 aromatic carbocycles. The molecule has 0 amide bonds. The number of hydrogen-bond acceptors (Lipinski definition) is 4. The van der Waals surface area contributed by atoms with Crippen LogP contribution >= 0.6 is 0 Å². The predicted octanol–water partition coefficient (Wildman–Crippen LogP) is 2.76. The van der Waals surface area contributed by atoms with Crippen molar-refractivity contribution in [3.05, 3.63) is 46.3 Å². The number of methoxy groups -OCH3 is 2. The Morgan fingerprint density at radius 2 is 1.97 bits per heavy atom. The molecule has 0 radical (unpaired) electrons. The first-order valence-corrected chi connectivity index (χ1v) is 10.2. The van der Waals surface area contributed by atoms with Crippen molar-refractivity contribution >= 4 is 5.96 Å². The molecule has 0 aliphatic carbocycles. The van der Waals surface area contributed by atoms with Crippen LogP contribution in [0.1, 0.15) is 35.0 Å². The summed E-state index contributed by atoms with van der Waals surface area (Å²) in [5.74, 6) is 1.73. The van der Waals surface area contributed by atoms with Gasteiger partial charge in [0.25, 0.3) is 0 Å². The Morgan fingerprint density at radius 3 is 2.66 bits per heavy atom. The first-order chi connectivity index (χ1) is 14.0. The summed E-state index contributed by atoms with van der Waals surface area (Å²) >= 11 is 0. The van der Waals surface area contributed by atoms with Gasteiger partial charge in [-0.1, -0.05) is 17.7 Å². The third-order valence-corrected chi connectivity index (χ3v) is 4.90. The van der Waals surface area contributed by atoms with Crippen molar-refractivity contribution in [1.29, 1.82) is 0 Å². The lowest BCUT2D eigenvalue weighted by Crippen LogP contribution is -2.38. The summed E-state index contributed by atoms with van der Waals surface area (Å²) in [6, 6.07) is 6.27. The maximum atomic E-state index is 5.48. The Balaban J connectivity index is 2.02. The van der Waals surface area contributed by atoms with Gasteiger partial charge in [0.05, 0.1) is 32.5 Å². The Labute approximate surface area is 174 Å². The molecule has 160 valence electrons. The van der Waals surface area contributed by atoms with E-state index in [1.165, 1.54) is 16.7 Å². The maximum absolute atomic E-state index is 5.48. The number of hydrogen-bond donors (Lipinski definition) is 2. The van der Waals surface area contributed by atoms with Gasteiger partial charge in [-0.3, -0.25) is 4.68 Å². The number of rotatable bonds is 10. The number of guanidine groups is 1. The van der Waals surface area contributed by atoms with E-state index in [1.54, 1.807) is 14.2 Å². The van der Waals surface area contributed by atoms with Crippen LogP contribution in [0, 0.1) is 20.8 Å². The molecular weight excluding hydrogens is 366 g/mol. The van der Waals surface area contributed by atoms with E-state index in [9.17, 15) is 0 Å². The first-order valence-electron chi connectivity index (χ1n) is 10.2. The Kier molecular flexibility index (Phi) is 8.99. The third kappa shape index (κ3) is 6.49. The van der Waals surface area contributed by atoms with Gasteiger partial charge in [0, 0.05) is 31.5 Å². The molecule has 0 atom stereocenters. The third-order valence-electron chi connectivity index (χ3n) is 4.90. The molecule has 0 saturated heterocycles. The highest BCUT2D eigenvalue weighted by molar-refractivity contribution is 5.79. The first kappa shape index (κ1) is 22.7. The predicted molar refractivity (Wildman–Crippen MR) is 118 cm³/mol. The van der Waals surface area contributed by atoms with E-state index in [0.717, 1.165) is 49.2 Å². The fraction of sp³-hybridized carbons (Fsp3) is 0.545. The second-order valence-electron chi connectivity index (χ2n) is 7.05. The van der Waals surface area contributed by atoms with E-state index < -0.39 is 0 Å². The smallest absolute Gasteiger partial charge is 0.191 e. The number of ether oxygens (including phenoxy) is 2. The molecule has 0 saturated carbocycles. The van der Waals surface area contributed by atoms with E-state index in [4.69, 9.17) is 14.5 Å². The van der Waals surface area contributed by atoms with Gasteiger partial charge in [0.15, 0.2) is 5.96 Å². The molecule has 0 spiro atoms. The molecule has 7 heteroatoms. The topological polar surface area (TPSA) is 72.7 Å². The summed E-state index contributed by atoms with van der Waals surface area (Å²) in [5, 5.41) is 11.4. The zero-order chi connectivity index (χ0) is 21.2. The molecule has 0 unspecified atom stereocenters. The SMILES string of the molecule is CCNC(=NCc1c(C)nn(CCOC)c1C)NCCc1cc(C)ccc1OC. The average molecular weight is 402 g/mol. The van der Waals surface area contributed by atoms with Crippen LogP contribution in [0.25, 0.3) is 0 Å². The Hall–Kier alpha value is -2.54. The number of aliphatic imine (C=N–C) groups is 1. The van der Waals surface area contributed by atoms with Crippen LogP contribution in [0.5, 0.6) is 5.75 Å². The summed E-state index contributed by atoms with van der Waals surface area (Å²) < 4.78 is 12.6. The van der Waals surface area contributed by atoms with Crippen molar-refractivity contribution in [2.24, 2.45) is 4.99 Å². The van der Waals surface area contributed by atoms with Crippen LogP contribution in [0.15, 0.2) is 23.2 Å². The Bertz CT molecular complexity index is 814. The highest BCUT2D eigenvalue weighted by Crippen LogP contribution is 2.19. The number of benzene rings is 1. The quantitative estimate of drug-likeness (QED) is 0.473. The fourth-order valence-corrected chi connectivity index (χ4v) is 3.28. The van der Waals surface area contributed by atoms with Crippen LogP contribution in [0.4, 0.5) is 0 Å². The molecule has 1 heterocycles. The van der Waals surface area contributed by atoms with E-state index in [-0.39, 0.29) is 0 Å². The monoisotopic (exact) mass is 401 g/mol. The molecule has 7 nitrogen and oxygen atoms in total. The minimum Gasteiger partial charge on any atom is -0.496 e. The van der Waals surface area contributed by atoms with Gasteiger partial charge in [-0.15, -0.1) is 0 Å². The highest BCUT2D eigenvalue weighted by atomic mass is 16.5. The normalized spacial score (nSPS) is 11.6.